The van der Waals surface area contributed by atoms with Crippen LogP contribution in [-0.4, -0.2) is 53.6 Å². The summed E-state index contributed by atoms with van der Waals surface area (Å²) in [5.74, 6) is 2.18. The van der Waals surface area contributed by atoms with E-state index in [0.29, 0.717) is 5.82 Å². The van der Waals surface area contributed by atoms with Gasteiger partial charge in [0.1, 0.15) is 11.6 Å². The lowest BCUT2D eigenvalue weighted by Crippen LogP contribution is -2.42. The van der Waals surface area contributed by atoms with Crippen LogP contribution in [0.2, 0.25) is 0 Å². The minimum absolute atomic E-state index is 0. The molecule has 3 rings (SSSR count). The second-order valence-electron chi connectivity index (χ2n) is 7.43. The Balaban J connectivity index is 0.00000320. The Morgan fingerprint density at radius 3 is 2.63 bits per heavy atom. The third-order valence-corrected chi connectivity index (χ3v) is 5.33. The summed E-state index contributed by atoms with van der Waals surface area (Å²) in [6.45, 7) is 2.84. The van der Waals surface area contributed by atoms with Crippen LogP contribution in [0.1, 0.15) is 50.2 Å². The number of nitrogens with zero attached hydrogens (tertiary/aromatic N) is 3. The lowest BCUT2D eigenvalue weighted by atomic mass is 9.83. The number of carbonyl (C=O) groups is 1. The first-order chi connectivity index (χ1) is 14.0. The van der Waals surface area contributed by atoms with Gasteiger partial charge < -0.3 is 20.5 Å². The van der Waals surface area contributed by atoms with E-state index in [1.807, 2.05) is 28.9 Å². The number of hydrogen-bond acceptors (Lipinski definition) is 6. The first-order valence-corrected chi connectivity index (χ1v) is 10.2. The van der Waals surface area contributed by atoms with Crippen molar-refractivity contribution in [3.05, 3.63) is 35.9 Å². The second kappa shape index (κ2) is 11.3. The molecule has 1 amide bonds. The van der Waals surface area contributed by atoms with Crippen molar-refractivity contribution < 1.29 is 14.3 Å². The number of nitrogens with two attached hydrogens (primary N) is 1. The fraction of sp³-hybridized carbons (Fsp3) is 0.571. The molecule has 1 fully saturated rings. The lowest BCUT2D eigenvalue weighted by molar-refractivity contribution is -0.120. The topological polar surface area (TPSA) is 104 Å². The summed E-state index contributed by atoms with van der Waals surface area (Å²) >= 11 is 0. The summed E-state index contributed by atoms with van der Waals surface area (Å²) in [5.41, 5.74) is 7.30. The number of halogens is 1. The van der Waals surface area contributed by atoms with Gasteiger partial charge in [0.2, 0.25) is 5.91 Å². The summed E-state index contributed by atoms with van der Waals surface area (Å²) in [6, 6.07) is 7.62. The molecular formula is C21H32ClN5O3. The molecule has 0 radical (unpaired) electrons. The molecular weight excluding hydrogens is 406 g/mol. The molecule has 1 aliphatic carbocycles. The van der Waals surface area contributed by atoms with Crippen LogP contribution < -0.4 is 15.8 Å². The summed E-state index contributed by atoms with van der Waals surface area (Å²) in [6.07, 6.45) is 3.83. The van der Waals surface area contributed by atoms with Crippen LogP contribution in [0.15, 0.2) is 24.3 Å². The largest absolute Gasteiger partial charge is 0.497 e. The third kappa shape index (κ3) is 5.71. The van der Waals surface area contributed by atoms with Crippen LogP contribution in [0.5, 0.6) is 5.75 Å². The molecule has 2 aromatic rings. The van der Waals surface area contributed by atoms with Crippen molar-refractivity contribution in [3.63, 3.8) is 0 Å². The molecule has 30 heavy (non-hydrogen) atoms. The molecule has 8 nitrogen and oxygen atoms in total. The summed E-state index contributed by atoms with van der Waals surface area (Å²) in [5, 5.41) is 7.25. The van der Waals surface area contributed by atoms with E-state index in [-0.39, 0.29) is 42.8 Å². The van der Waals surface area contributed by atoms with E-state index in [9.17, 15) is 4.79 Å². The van der Waals surface area contributed by atoms with E-state index in [2.05, 4.69) is 17.3 Å². The molecule has 1 saturated carbocycles. The van der Waals surface area contributed by atoms with Crippen LogP contribution in [0.3, 0.4) is 0 Å². The molecule has 0 aliphatic heterocycles. The number of likely N-dealkylation sites (N-methyl/N-ethyl adjacent to an activating group) is 1. The number of hydrogen-bond donors (Lipinski definition) is 2. The second-order valence-corrected chi connectivity index (χ2v) is 7.43. The highest BCUT2D eigenvalue weighted by molar-refractivity contribution is 5.85. The number of aromatic nitrogens is 3. The zero-order valence-electron chi connectivity index (χ0n) is 17.8. The molecule has 1 heterocycles. The monoisotopic (exact) mass is 437 g/mol. The van der Waals surface area contributed by atoms with E-state index < -0.39 is 0 Å². The van der Waals surface area contributed by atoms with Gasteiger partial charge in [-0.05, 0) is 49.9 Å². The van der Waals surface area contributed by atoms with Crippen LogP contribution in [0.25, 0.3) is 5.69 Å². The maximum absolute atomic E-state index is 11.8. The number of ether oxygens (including phenoxy) is 2. The van der Waals surface area contributed by atoms with Crippen LogP contribution in [-0.2, 0) is 16.0 Å². The highest BCUT2D eigenvalue weighted by Gasteiger charge is 2.32. The standard InChI is InChI=1S/C21H31N5O3.ClH/c1-4-11-29-18-10-5-14(12-17(18)22)21-24-19(13-20(27)23-2)25-26(21)15-6-8-16(28-3)9-7-15;/h6-9,14,17-18H,4-5,10-13,22H2,1-3H3,(H,23,27);1H/t14-,17+,18+;/m0./s1. The zero-order chi connectivity index (χ0) is 20.8. The molecule has 0 spiro atoms. The van der Waals surface area contributed by atoms with Crippen molar-refractivity contribution in [2.24, 2.45) is 5.73 Å². The lowest BCUT2D eigenvalue weighted by Gasteiger charge is -2.33. The fourth-order valence-electron chi connectivity index (χ4n) is 3.74. The summed E-state index contributed by atoms with van der Waals surface area (Å²) < 4.78 is 13.0. The summed E-state index contributed by atoms with van der Waals surface area (Å²) in [4.78, 5) is 16.6. The Hall–Kier alpha value is -2.16. The van der Waals surface area contributed by atoms with E-state index in [4.69, 9.17) is 20.2 Å². The molecule has 1 aromatic heterocycles. The molecule has 3 atom stereocenters. The summed E-state index contributed by atoms with van der Waals surface area (Å²) in [7, 11) is 3.25. The van der Waals surface area contributed by atoms with E-state index in [0.717, 1.165) is 49.6 Å². The highest BCUT2D eigenvalue weighted by atomic mass is 35.5. The number of benzene rings is 1. The van der Waals surface area contributed by atoms with Crippen LogP contribution in [0.4, 0.5) is 0 Å². The normalized spacial score (nSPS) is 21.0. The molecule has 0 saturated heterocycles. The predicted molar refractivity (Wildman–Crippen MR) is 118 cm³/mol. The Labute approximate surface area is 183 Å². The Kier molecular flexibility index (Phi) is 9.08. The van der Waals surface area contributed by atoms with E-state index in [1.165, 1.54) is 0 Å². The maximum atomic E-state index is 11.8. The predicted octanol–water partition coefficient (Wildman–Crippen LogP) is 2.38. The van der Waals surface area contributed by atoms with Gasteiger partial charge in [0, 0.05) is 25.6 Å². The van der Waals surface area contributed by atoms with Gasteiger partial charge in [-0.3, -0.25) is 4.79 Å². The molecule has 166 valence electrons. The van der Waals surface area contributed by atoms with Crippen molar-refractivity contribution in [2.75, 3.05) is 20.8 Å². The quantitative estimate of drug-likeness (QED) is 0.657. The van der Waals surface area contributed by atoms with Gasteiger partial charge in [-0.2, -0.15) is 5.10 Å². The Morgan fingerprint density at radius 1 is 1.30 bits per heavy atom. The minimum Gasteiger partial charge on any atom is -0.497 e. The highest BCUT2D eigenvalue weighted by Crippen LogP contribution is 2.34. The number of amides is 1. The smallest absolute Gasteiger partial charge is 0.227 e. The van der Waals surface area contributed by atoms with Gasteiger partial charge in [0.25, 0.3) is 0 Å². The average Bonchev–Trinajstić information content (AvgIpc) is 3.16. The molecule has 1 aromatic carbocycles. The van der Waals surface area contributed by atoms with Gasteiger partial charge in [-0.25, -0.2) is 9.67 Å². The molecule has 3 N–H and O–H groups in total. The van der Waals surface area contributed by atoms with Crippen molar-refractivity contribution in [2.45, 2.75) is 57.1 Å². The van der Waals surface area contributed by atoms with E-state index in [1.54, 1.807) is 14.2 Å². The van der Waals surface area contributed by atoms with Gasteiger partial charge in [-0.15, -0.1) is 12.4 Å². The Morgan fingerprint density at radius 2 is 2.03 bits per heavy atom. The van der Waals surface area contributed by atoms with Gasteiger partial charge in [0.05, 0.1) is 25.3 Å². The van der Waals surface area contributed by atoms with Crippen LogP contribution >= 0.6 is 12.4 Å². The molecule has 0 bridgehead atoms. The number of methoxy groups -OCH3 is 1. The zero-order valence-corrected chi connectivity index (χ0v) is 18.7. The fourth-order valence-corrected chi connectivity index (χ4v) is 3.74. The van der Waals surface area contributed by atoms with Crippen LogP contribution in [0, 0.1) is 0 Å². The maximum Gasteiger partial charge on any atom is 0.227 e. The molecule has 1 aliphatic rings. The Bertz CT molecular complexity index is 811. The van der Waals surface area contributed by atoms with Gasteiger partial charge in [0.15, 0.2) is 5.82 Å². The van der Waals surface area contributed by atoms with Crippen molar-refractivity contribution in [1.29, 1.82) is 0 Å². The minimum atomic E-state index is -0.114. The molecule has 0 unspecified atom stereocenters. The van der Waals surface area contributed by atoms with Gasteiger partial charge in [-0.1, -0.05) is 6.92 Å². The van der Waals surface area contributed by atoms with Crippen molar-refractivity contribution >= 4 is 18.3 Å². The number of carbonyl (C=O) groups excluding carboxylic acids is 1. The molecule has 9 heteroatoms. The third-order valence-electron chi connectivity index (χ3n) is 5.33. The van der Waals surface area contributed by atoms with Gasteiger partial charge >= 0.3 is 0 Å². The van der Waals surface area contributed by atoms with E-state index >= 15 is 0 Å². The first kappa shape index (κ1) is 24.1. The first-order valence-electron chi connectivity index (χ1n) is 10.2. The van der Waals surface area contributed by atoms with Crippen molar-refractivity contribution in [1.82, 2.24) is 20.1 Å². The number of nitrogens with one attached hydrogen (secondary N) is 1. The number of rotatable bonds is 8. The average molecular weight is 438 g/mol. The van der Waals surface area contributed by atoms with Crippen molar-refractivity contribution in [3.8, 4) is 11.4 Å². The SMILES string of the molecule is CCCO[C@@H]1CC[C@H](c2nc(CC(=O)NC)nn2-c2ccc(OC)cc2)C[C@H]1N.Cl.